The first kappa shape index (κ1) is 17.0. The number of hydrogen-bond donors (Lipinski definition) is 1. The average molecular weight is 306 g/mol. The molecule has 1 atom stereocenters. The molecule has 1 rings (SSSR count). The van der Waals surface area contributed by atoms with Gasteiger partial charge >= 0.3 is 0 Å². The van der Waals surface area contributed by atoms with Gasteiger partial charge in [0.1, 0.15) is 4.90 Å². The van der Waals surface area contributed by atoms with Gasteiger partial charge in [-0.2, -0.15) is 4.31 Å². The Morgan fingerprint density at radius 2 is 1.80 bits per heavy atom. The highest BCUT2D eigenvalue weighted by atomic mass is 32.2. The maximum absolute atomic E-state index is 13.8. The zero-order chi connectivity index (χ0) is 15.7. The van der Waals surface area contributed by atoms with Crippen molar-refractivity contribution in [2.75, 3.05) is 7.05 Å². The van der Waals surface area contributed by atoms with Crippen molar-refractivity contribution >= 4 is 10.0 Å². The molecule has 0 heterocycles. The number of sulfonamides is 1. The van der Waals surface area contributed by atoms with E-state index in [9.17, 15) is 17.2 Å². The van der Waals surface area contributed by atoms with Crippen molar-refractivity contribution in [1.29, 1.82) is 0 Å². The Labute approximate surface area is 118 Å². The van der Waals surface area contributed by atoms with Crippen LogP contribution in [0.3, 0.4) is 0 Å². The van der Waals surface area contributed by atoms with Gasteiger partial charge in [-0.05, 0) is 30.5 Å². The van der Waals surface area contributed by atoms with E-state index < -0.39 is 26.6 Å². The summed E-state index contributed by atoms with van der Waals surface area (Å²) < 4.78 is 53.1. The second kappa shape index (κ2) is 6.15. The molecule has 0 saturated carbocycles. The first-order chi connectivity index (χ1) is 9.12. The van der Waals surface area contributed by atoms with Crippen LogP contribution in [0.5, 0.6) is 0 Å². The molecule has 114 valence electrons. The van der Waals surface area contributed by atoms with Gasteiger partial charge < -0.3 is 5.73 Å². The van der Waals surface area contributed by atoms with Crippen LogP contribution in [0.4, 0.5) is 8.78 Å². The lowest BCUT2D eigenvalue weighted by Crippen LogP contribution is -2.38. The third-order valence-corrected chi connectivity index (χ3v) is 5.43. The minimum absolute atomic E-state index is 0.0420. The van der Waals surface area contributed by atoms with Crippen molar-refractivity contribution in [2.45, 2.75) is 38.3 Å². The van der Waals surface area contributed by atoms with Gasteiger partial charge in [-0.25, -0.2) is 17.2 Å². The van der Waals surface area contributed by atoms with Gasteiger partial charge in [0.25, 0.3) is 0 Å². The van der Waals surface area contributed by atoms with Crippen molar-refractivity contribution < 1.29 is 17.2 Å². The maximum Gasteiger partial charge on any atom is 0.246 e. The summed E-state index contributed by atoms with van der Waals surface area (Å²) in [5.41, 5.74) is 5.60. The monoisotopic (exact) mass is 306 g/mol. The van der Waals surface area contributed by atoms with E-state index in [-0.39, 0.29) is 24.1 Å². The predicted octanol–water partition coefficient (Wildman–Crippen LogP) is 2.09. The van der Waals surface area contributed by atoms with E-state index in [0.29, 0.717) is 0 Å². The molecule has 7 heteroatoms. The van der Waals surface area contributed by atoms with E-state index >= 15 is 0 Å². The second-order valence-electron chi connectivity index (χ2n) is 5.10. The fourth-order valence-electron chi connectivity index (χ4n) is 1.72. The minimum atomic E-state index is -4.11. The predicted molar refractivity (Wildman–Crippen MR) is 73.5 cm³/mol. The van der Waals surface area contributed by atoms with E-state index in [1.165, 1.54) is 7.05 Å². The van der Waals surface area contributed by atoms with Crippen LogP contribution in [0, 0.1) is 17.6 Å². The fraction of sp³-hybridized carbons (Fsp3) is 0.538. The molecule has 0 aliphatic heterocycles. The molecule has 0 spiro atoms. The summed E-state index contributed by atoms with van der Waals surface area (Å²) in [6.45, 7) is 5.35. The lowest BCUT2D eigenvalue weighted by Gasteiger charge is -2.27. The van der Waals surface area contributed by atoms with Crippen molar-refractivity contribution in [3.63, 3.8) is 0 Å². The van der Waals surface area contributed by atoms with Gasteiger partial charge in [0, 0.05) is 19.6 Å². The third kappa shape index (κ3) is 3.16. The molecule has 1 unspecified atom stereocenters. The molecule has 2 N–H and O–H groups in total. The number of nitrogens with two attached hydrogens (primary N) is 1. The van der Waals surface area contributed by atoms with Crippen LogP contribution in [0.2, 0.25) is 0 Å². The van der Waals surface area contributed by atoms with Crippen LogP contribution in [-0.4, -0.2) is 25.8 Å². The lowest BCUT2D eigenvalue weighted by atomic mass is 10.1. The van der Waals surface area contributed by atoms with Crippen LogP contribution in [0.25, 0.3) is 0 Å². The van der Waals surface area contributed by atoms with E-state index in [1.54, 1.807) is 6.92 Å². The van der Waals surface area contributed by atoms with Gasteiger partial charge in [0.15, 0.2) is 11.6 Å². The summed E-state index contributed by atoms with van der Waals surface area (Å²) in [5.74, 6) is -2.54. The fourth-order valence-corrected chi connectivity index (χ4v) is 3.33. The van der Waals surface area contributed by atoms with Crippen molar-refractivity contribution in [1.82, 2.24) is 4.31 Å². The third-order valence-electron chi connectivity index (χ3n) is 3.49. The molecule has 20 heavy (non-hydrogen) atoms. The Morgan fingerprint density at radius 3 is 2.25 bits per heavy atom. The Bertz CT molecular complexity index is 588. The highest BCUT2D eigenvalue weighted by molar-refractivity contribution is 7.89. The summed E-state index contributed by atoms with van der Waals surface area (Å²) in [5, 5.41) is 0. The number of benzene rings is 1. The van der Waals surface area contributed by atoms with Crippen molar-refractivity contribution in [2.24, 2.45) is 11.7 Å². The molecule has 0 fully saturated rings. The molecule has 0 radical (unpaired) electrons. The van der Waals surface area contributed by atoms with Crippen LogP contribution >= 0.6 is 0 Å². The van der Waals surface area contributed by atoms with Gasteiger partial charge in [-0.15, -0.1) is 0 Å². The molecular formula is C13H20F2N2O2S. The van der Waals surface area contributed by atoms with Gasteiger partial charge in [0.2, 0.25) is 10.0 Å². The van der Waals surface area contributed by atoms with Crippen LogP contribution in [0.15, 0.2) is 17.0 Å². The molecule has 0 aliphatic carbocycles. The summed E-state index contributed by atoms with van der Waals surface area (Å²) in [6, 6.07) is 1.64. The number of halogens is 2. The summed E-state index contributed by atoms with van der Waals surface area (Å²) in [6.07, 6.45) is 0. The topological polar surface area (TPSA) is 63.4 Å². The molecular weight excluding hydrogens is 286 g/mol. The first-order valence-electron chi connectivity index (χ1n) is 6.29. The minimum Gasteiger partial charge on any atom is -0.326 e. The standard InChI is InChI=1S/C13H20F2N2O2S/c1-8(2)9(3)17(4)20(18,19)12-6-10(7-16)5-11(14)13(12)15/h5-6,8-9H,7,16H2,1-4H3. The summed E-state index contributed by atoms with van der Waals surface area (Å²) >= 11 is 0. The second-order valence-corrected chi connectivity index (χ2v) is 7.07. The average Bonchev–Trinajstić information content (AvgIpc) is 2.39. The van der Waals surface area contributed by atoms with E-state index in [2.05, 4.69) is 0 Å². The Morgan fingerprint density at radius 1 is 1.25 bits per heavy atom. The maximum atomic E-state index is 13.8. The molecule has 1 aromatic rings. The highest BCUT2D eigenvalue weighted by Crippen LogP contribution is 2.25. The molecule has 0 amide bonds. The van der Waals surface area contributed by atoms with E-state index in [4.69, 9.17) is 5.73 Å². The molecule has 0 aromatic heterocycles. The molecule has 4 nitrogen and oxygen atoms in total. The SMILES string of the molecule is CC(C)C(C)N(C)S(=O)(=O)c1cc(CN)cc(F)c1F. The number of rotatable bonds is 5. The zero-order valence-corrected chi connectivity index (χ0v) is 12.8. The molecule has 0 aliphatic rings. The van der Waals surface area contributed by atoms with Crippen molar-refractivity contribution in [3.8, 4) is 0 Å². The van der Waals surface area contributed by atoms with Gasteiger partial charge in [0.05, 0.1) is 0 Å². The van der Waals surface area contributed by atoms with Crippen LogP contribution in [-0.2, 0) is 16.6 Å². The highest BCUT2D eigenvalue weighted by Gasteiger charge is 2.31. The van der Waals surface area contributed by atoms with Gasteiger partial charge in [-0.3, -0.25) is 0 Å². The van der Waals surface area contributed by atoms with E-state index in [1.807, 2.05) is 13.8 Å². The quantitative estimate of drug-likeness (QED) is 0.906. The number of hydrogen-bond acceptors (Lipinski definition) is 3. The van der Waals surface area contributed by atoms with Crippen LogP contribution in [0.1, 0.15) is 26.3 Å². The Kier molecular flexibility index (Phi) is 5.23. The van der Waals surface area contributed by atoms with Crippen molar-refractivity contribution in [3.05, 3.63) is 29.3 Å². The molecule has 0 saturated heterocycles. The Balaban J connectivity index is 3.39. The molecule has 1 aromatic carbocycles. The molecule has 0 bridgehead atoms. The largest absolute Gasteiger partial charge is 0.326 e. The Hall–Kier alpha value is -1.05. The normalized spacial score (nSPS) is 14.1. The summed E-state index contributed by atoms with van der Waals surface area (Å²) in [7, 11) is -2.75. The van der Waals surface area contributed by atoms with E-state index in [0.717, 1.165) is 16.4 Å². The first-order valence-corrected chi connectivity index (χ1v) is 7.73. The number of nitrogens with zero attached hydrogens (tertiary/aromatic N) is 1. The van der Waals surface area contributed by atoms with Gasteiger partial charge in [-0.1, -0.05) is 13.8 Å². The zero-order valence-electron chi connectivity index (χ0n) is 12.0. The van der Waals surface area contributed by atoms with Crippen LogP contribution < -0.4 is 5.73 Å². The smallest absolute Gasteiger partial charge is 0.246 e. The summed E-state index contributed by atoms with van der Waals surface area (Å²) in [4.78, 5) is -0.673. The lowest BCUT2D eigenvalue weighted by molar-refractivity contribution is 0.314.